The predicted molar refractivity (Wildman–Crippen MR) is 153 cm³/mol. The van der Waals surface area contributed by atoms with Crippen LogP contribution in [0.5, 0.6) is 0 Å². The molecule has 0 aliphatic heterocycles. The number of fused-ring (bicyclic) bond motifs is 5. The molecule has 0 atom stereocenters. The number of carbonyl (C=O) groups is 2. The van der Waals surface area contributed by atoms with Crippen molar-refractivity contribution in [1.82, 2.24) is 9.88 Å². The minimum atomic E-state index is -0.458. The van der Waals surface area contributed by atoms with Crippen LogP contribution < -0.4 is 10.9 Å². The van der Waals surface area contributed by atoms with E-state index in [0.717, 1.165) is 48.7 Å². The van der Waals surface area contributed by atoms with Crippen LogP contribution in [0.15, 0.2) is 53.3 Å². The van der Waals surface area contributed by atoms with Crippen LogP contribution in [-0.4, -0.2) is 28.6 Å². The molecule has 0 bridgehead atoms. The van der Waals surface area contributed by atoms with E-state index in [-0.39, 0.29) is 17.4 Å². The van der Waals surface area contributed by atoms with E-state index < -0.39 is 5.60 Å². The number of hydrogen-bond acceptors (Lipinski definition) is 4. The van der Waals surface area contributed by atoms with Crippen LogP contribution in [0.2, 0.25) is 0 Å². The third kappa shape index (κ3) is 6.53. The van der Waals surface area contributed by atoms with Crippen molar-refractivity contribution in [3.8, 4) is 11.3 Å². The summed E-state index contributed by atoms with van der Waals surface area (Å²) >= 11 is 0. The zero-order chi connectivity index (χ0) is 27.1. The summed E-state index contributed by atoms with van der Waals surface area (Å²) in [4.78, 5) is 38.3. The summed E-state index contributed by atoms with van der Waals surface area (Å²) in [6, 6.07) is 15.1. The monoisotopic (exact) mass is 516 g/mol. The molecule has 1 N–H and O–H groups in total. The zero-order valence-electron chi connectivity index (χ0n) is 23.0. The molecule has 38 heavy (non-hydrogen) atoms. The van der Waals surface area contributed by atoms with Crippen molar-refractivity contribution in [2.75, 3.05) is 6.54 Å². The van der Waals surface area contributed by atoms with Crippen LogP contribution >= 0.6 is 0 Å². The Morgan fingerprint density at radius 2 is 1.32 bits per heavy atom. The SMILES string of the molecule is CC(C)(C)OC(=O)NCCCCCCCCCCCn1c2c(c3ccccc3c1=O)C(=O)c1ccccc1-2. The van der Waals surface area contributed by atoms with Gasteiger partial charge in [0.15, 0.2) is 5.78 Å². The van der Waals surface area contributed by atoms with Crippen molar-refractivity contribution in [2.24, 2.45) is 0 Å². The van der Waals surface area contributed by atoms with Crippen molar-refractivity contribution in [1.29, 1.82) is 0 Å². The highest BCUT2D eigenvalue weighted by Gasteiger charge is 2.32. The smallest absolute Gasteiger partial charge is 0.407 e. The number of unbranched alkanes of at least 4 members (excludes halogenated alkanes) is 8. The quantitative estimate of drug-likeness (QED) is 0.201. The molecule has 1 amide bonds. The molecule has 4 rings (SSSR count). The number of alkyl carbamates (subject to hydrolysis) is 1. The molecule has 6 heteroatoms. The lowest BCUT2D eigenvalue weighted by Crippen LogP contribution is -2.32. The summed E-state index contributed by atoms with van der Waals surface area (Å²) < 4.78 is 7.08. The van der Waals surface area contributed by atoms with Crippen LogP contribution in [0.25, 0.3) is 22.0 Å². The number of carbonyl (C=O) groups excluding carboxylic acids is 2. The molecule has 1 heterocycles. The number of benzene rings is 2. The van der Waals surface area contributed by atoms with Crippen LogP contribution in [0, 0.1) is 0 Å². The Morgan fingerprint density at radius 1 is 0.763 bits per heavy atom. The molecule has 0 saturated heterocycles. The number of hydrogen-bond donors (Lipinski definition) is 1. The minimum Gasteiger partial charge on any atom is -0.444 e. The summed E-state index contributed by atoms with van der Waals surface area (Å²) in [7, 11) is 0. The molecular weight excluding hydrogens is 476 g/mol. The van der Waals surface area contributed by atoms with Gasteiger partial charge in [-0.3, -0.25) is 9.59 Å². The third-order valence-corrected chi connectivity index (χ3v) is 7.06. The maximum Gasteiger partial charge on any atom is 0.407 e. The molecule has 6 nitrogen and oxygen atoms in total. The first-order valence-corrected chi connectivity index (χ1v) is 14.0. The van der Waals surface area contributed by atoms with Gasteiger partial charge >= 0.3 is 6.09 Å². The van der Waals surface area contributed by atoms with Gasteiger partial charge in [-0.1, -0.05) is 87.4 Å². The maximum absolute atomic E-state index is 13.4. The summed E-state index contributed by atoms with van der Waals surface area (Å²) in [5, 5.41) is 4.19. The summed E-state index contributed by atoms with van der Waals surface area (Å²) in [5.41, 5.74) is 2.55. The van der Waals surface area contributed by atoms with Gasteiger partial charge in [0.2, 0.25) is 0 Å². The van der Waals surface area contributed by atoms with Crippen LogP contribution in [0.4, 0.5) is 4.79 Å². The highest BCUT2D eigenvalue weighted by Crippen LogP contribution is 2.39. The number of aromatic nitrogens is 1. The van der Waals surface area contributed by atoms with Crippen molar-refractivity contribution in [2.45, 2.75) is 90.7 Å². The van der Waals surface area contributed by atoms with Gasteiger partial charge in [0.25, 0.3) is 5.56 Å². The standard InChI is InChI=1S/C32H40N2O4/c1-32(2,3)38-31(37)33-21-15-9-7-5-4-6-8-10-16-22-34-28-24-18-12-13-19-25(24)29(35)27(28)23-17-11-14-20-26(23)30(34)36/h11-14,17-20H,4-10,15-16,21-22H2,1-3H3,(H,33,37). The number of nitrogens with one attached hydrogen (secondary N) is 1. The molecule has 2 aromatic carbocycles. The first-order valence-electron chi connectivity index (χ1n) is 14.0. The number of ether oxygens (including phenoxy) is 1. The van der Waals surface area contributed by atoms with Gasteiger partial charge in [-0.05, 0) is 39.7 Å². The summed E-state index contributed by atoms with van der Waals surface area (Å²) in [6.45, 7) is 6.87. The molecule has 1 aromatic heterocycles. The first kappa shape index (κ1) is 27.6. The van der Waals surface area contributed by atoms with Gasteiger partial charge in [-0.25, -0.2) is 4.79 Å². The second-order valence-corrected chi connectivity index (χ2v) is 11.2. The van der Waals surface area contributed by atoms with Gasteiger partial charge < -0.3 is 14.6 Å². The number of ketones is 1. The van der Waals surface area contributed by atoms with Crippen LogP contribution in [-0.2, 0) is 11.3 Å². The zero-order valence-corrected chi connectivity index (χ0v) is 23.0. The molecular formula is C32H40N2O4. The van der Waals surface area contributed by atoms with E-state index in [1.165, 1.54) is 25.7 Å². The highest BCUT2D eigenvalue weighted by molar-refractivity contribution is 6.26. The molecule has 0 fully saturated rings. The van der Waals surface area contributed by atoms with Crippen molar-refractivity contribution in [3.63, 3.8) is 0 Å². The van der Waals surface area contributed by atoms with Gasteiger partial charge in [0, 0.05) is 35.0 Å². The van der Waals surface area contributed by atoms with E-state index in [1.54, 1.807) is 0 Å². The van der Waals surface area contributed by atoms with E-state index in [4.69, 9.17) is 4.74 Å². The molecule has 202 valence electrons. The molecule has 3 aromatic rings. The molecule has 0 spiro atoms. The third-order valence-electron chi connectivity index (χ3n) is 7.06. The second-order valence-electron chi connectivity index (χ2n) is 11.2. The fraction of sp³-hybridized carbons (Fsp3) is 0.469. The lowest BCUT2D eigenvalue weighted by atomic mass is 10.0. The Labute approximate surface area is 225 Å². The average Bonchev–Trinajstić information content (AvgIpc) is 3.18. The van der Waals surface area contributed by atoms with Gasteiger partial charge in [-0.2, -0.15) is 0 Å². The van der Waals surface area contributed by atoms with Gasteiger partial charge in [0.1, 0.15) is 5.60 Å². The normalized spacial score (nSPS) is 12.4. The Morgan fingerprint density at radius 3 is 1.97 bits per heavy atom. The molecule has 0 unspecified atom stereocenters. The van der Waals surface area contributed by atoms with E-state index in [2.05, 4.69) is 5.32 Å². The fourth-order valence-electron chi connectivity index (χ4n) is 5.28. The number of pyridine rings is 1. The highest BCUT2D eigenvalue weighted by atomic mass is 16.6. The fourth-order valence-corrected chi connectivity index (χ4v) is 5.28. The van der Waals surface area contributed by atoms with Crippen molar-refractivity contribution >= 4 is 22.6 Å². The molecule has 1 aliphatic rings. The Bertz CT molecular complexity index is 1350. The topological polar surface area (TPSA) is 77.4 Å². The summed E-state index contributed by atoms with van der Waals surface area (Å²) in [5.74, 6) is 0.0150. The molecule has 1 aliphatic carbocycles. The lowest BCUT2D eigenvalue weighted by Gasteiger charge is -2.19. The Hall–Kier alpha value is -3.41. The minimum absolute atomic E-state index is 0.00925. The predicted octanol–water partition coefficient (Wildman–Crippen LogP) is 7.25. The number of rotatable bonds is 12. The summed E-state index contributed by atoms with van der Waals surface area (Å²) in [6.07, 6.45) is 9.59. The Kier molecular flexibility index (Phi) is 9.03. The van der Waals surface area contributed by atoms with E-state index in [9.17, 15) is 14.4 Å². The lowest BCUT2D eigenvalue weighted by molar-refractivity contribution is 0.0526. The van der Waals surface area contributed by atoms with Gasteiger partial charge in [0.05, 0.1) is 11.3 Å². The largest absolute Gasteiger partial charge is 0.444 e. The molecule has 0 saturated carbocycles. The second kappa shape index (κ2) is 12.4. The first-order chi connectivity index (χ1) is 18.3. The average molecular weight is 517 g/mol. The maximum atomic E-state index is 13.4. The van der Waals surface area contributed by atoms with Crippen LogP contribution in [0.3, 0.4) is 0 Å². The van der Waals surface area contributed by atoms with Crippen LogP contribution in [0.1, 0.15) is 94.5 Å². The Balaban J connectivity index is 1.21. The number of amides is 1. The van der Waals surface area contributed by atoms with E-state index in [1.807, 2.05) is 73.9 Å². The number of nitrogens with zero attached hydrogens (tertiary/aromatic N) is 1. The van der Waals surface area contributed by atoms with Crippen molar-refractivity contribution in [3.05, 3.63) is 70.0 Å². The van der Waals surface area contributed by atoms with Gasteiger partial charge in [-0.15, -0.1) is 0 Å². The van der Waals surface area contributed by atoms with E-state index in [0.29, 0.717) is 29.6 Å². The molecule has 0 radical (unpaired) electrons. The van der Waals surface area contributed by atoms with E-state index >= 15 is 0 Å². The van der Waals surface area contributed by atoms with Crippen molar-refractivity contribution < 1.29 is 14.3 Å².